The van der Waals surface area contributed by atoms with Gasteiger partial charge in [0.1, 0.15) is 0 Å². The Morgan fingerprint density at radius 3 is 2.58 bits per heavy atom. The number of benzene rings is 2. The molecule has 1 heterocycles. The molecule has 8 nitrogen and oxygen atoms in total. The Morgan fingerprint density at radius 1 is 1.06 bits per heavy atom. The normalized spacial score (nSPS) is 19.3. The van der Waals surface area contributed by atoms with Crippen molar-refractivity contribution in [3.8, 4) is 0 Å². The number of likely N-dealkylation sites (tertiary alicyclic amines) is 1. The number of para-hydroxylation sites is 1. The molecule has 4 N–H and O–H groups in total. The highest BCUT2D eigenvalue weighted by Gasteiger charge is 2.30. The number of carbonyl (C=O) groups is 2. The Bertz CT molecular complexity index is 1100. The first-order chi connectivity index (χ1) is 14.8. The predicted octanol–water partition coefficient (Wildman–Crippen LogP) is 1.83. The minimum absolute atomic E-state index is 0.0100. The molecule has 2 fully saturated rings. The largest absolute Gasteiger partial charge is 0.368 e. The van der Waals surface area contributed by atoms with Gasteiger partial charge in [-0.2, -0.15) is 0 Å². The van der Waals surface area contributed by atoms with Crippen molar-refractivity contribution in [1.82, 2.24) is 9.62 Å². The lowest BCUT2D eigenvalue weighted by molar-refractivity contribution is -0.122. The molecule has 2 aliphatic rings. The van der Waals surface area contributed by atoms with Crippen LogP contribution in [0.5, 0.6) is 0 Å². The van der Waals surface area contributed by atoms with E-state index in [0.717, 1.165) is 37.8 Å². The fourth-order valence-corrected chi connectivity index (χ4v) is 5.17. The highest BCUT2D eigenvalue weighted by molar-refractivity contribution is 7.89. The van der Waals surface area contributed by atoms with Crippen LogP contribution < -0.4 is 15.8 Å². The summed E-state index contributed by atoms with van der Waals surface area (Å²) in [7, 11) is -3.64. The molecule has 1 atom stereocenters. The maximum absolute atomic E-state index is 12.9. The van der Waals surface area contributed by atoms with Crippen molar-refractivity contribution in [3.05, 3.63) is 59.7 Å². The lowest BCUT2D eigenvalue weighted by Gasteiger charge is -2.23. The van der Waals surface area contributed by atoms with Gasteiger partial charge in [-0.05, 0) is 62.1 Å². The van der Waals surface area contributed by atoms with Crippen LogP contribution in [-0.2, 0) is 21.4 Å². The van der Waals surface area contributed by atoms with Crippen LogP contribution in [0.1, 0.15) is 41.6 Å². The van der Waals surface area contributed by atoms with Crippen molar-refractivity contribution in [1.29, 1.82) is 0 Å². The maximum Gasteiger partial charge on any atom is 0.255 e. The fourth-order valence-electron chi connectivity index (χ4n) is 3.82. The summed E-state index contributed by atoms with van der Waals surface area (Å²) < 4.78 is 27.5. The van der Waals surface area contributed by atoms with Crippen LogP contribution in [0.3, 0.4) is 0 Å². The van der Waals surface area contributed by atoms with E-state index in [9.17, 15) is 18.0 Å². The summed E-state index contributed by atoms with van der Waals surface area (Å²) in [5.74, 6) is -0.736. The number of nitrogens with two attached hydrogens (primary N) is 1. The lowest BCUT2D eigenvalue weighted by Crippen LogP contribution is -2.39. The van der Waals surface area contributed by atoms with Gasteiger partial charge in [-0.15, -0.1) is 0 Å². The summed E-state index contributed by atoms with van der Waals surface area (Å²) in [6.45, 7) is 1.26. The second-order valence-electron chi connectivity index (χ2n) is 8.07. The smallest absolute Gasteiger partial charge is 0.255 e. The average Bonchev–Trinajstić information content (AvgIpc) is 3.42. The third kappa shape index (κ3) is 5.12. The number of amides is 2. The van der Waals surface area contributed by atoms with E-state index in [1.54, 1.807) is 18.2 Å². The number of primary amides is 1. The molecule has 31 heavy (non-hydrogen) atoms. The first kappa shape index (κ1) is 21.5. The van der Waals surface area contributed by atoms with E-state index in [2.05, 4.69) is 10.0 Å². The zero-order valence-corrected chi connectivity index (χ0v) is 17.9. The SMILES string of the molecule is NC(=O)C1CCCN1Cc1ccccc1NC(=O)c1cccc(S(=O)(=O)NC2CC2)c1. The Labute approximate surface area is 181 Å². The van der Waals surface area contributed by atoms with Crippen molar-refractivity contribution in [2.24, 2.45) is 5.73 Å². The molecular weight excluding hydrogens is 416 g/mol. The van der Waals surface area contributed by atoms with Crippen molar-refractivity contribution in [2.75, 3.05) is 11.9 Å². The number of rotatable bonds is 8. The Morgan fingerprint density at radius 2 is 1.84 bits per heavy atom. The van der Waals surface area contributed by atoms with Gasteiger partial charge in [0.05, 0.1) is 10.9 Å². The molecule has 164 valence electrons. The third-order valence-electron chi connectivity index (χ3n) is 5.64. The Hall–Kier alpha value is -2.75. The van der Waals surface area contributed by atoms with Gasteiger partial charge in [0.25, 0.3) is 5.91 Å². The summed E-state index contributed by atoms with van der Waals surface area (Å²) in [6, 6.07) is 13.1. The highest BCUT2D eigenvalue weighted by atomic mass is 32.2. The van der Waals surface area contributed by atoms with E-state index in [-0.39, 0.29) is 28.4 Å². The van der Waals surface area contributed by atoms with Crippen LogP contribution in [0, 0.1) is 0 Å². The quantitative estimate of drug-likeness (QED) is 0.576. The summed E-state index contributed by atoms with van der Waals surface area (Å²) in [5.41, 5.74) is 7.25. The number of nitrogens with zero attached hydrogens (tertiary/aromatic N) is 1. The van der Waals surface area contributed by atoms with Gasteiger partial charge in [0.15, 0.2) is 0 Å². The van der Waals surface area contributed by atoms with Gasteiger partial charge >= 0.3 is 0 Å². The Kier molecular flexibility index (Phi) is 6.08. The zero-order chi connectivity index (χ0) is 22.0. The van der Waals surface area contributed by atoms with E-state index in [4.69, 9.17) is 5.73 Å². The second-order valence-corrected chi connectivity index (χ2v) is 9.78. The molecule has 2 amide bonds. The van der Waals surface area contributed by atoms with Gasteiger partial charge in [0, 0.05) is 23.8 Å². The van der Waals surface area contributed by atoms with Gasteiger partial charge in [-0.25, -0.2) is 13.1 Å². The van der Waals surface area contributed by atoms with Crippen LogP contribution in [0.4, 0.5) is 5.69 Å². The van der Waals surface area contributed by atoms with Crippen LogP contribution >= 0.6 is 0 Å². The van der Waals surface area contributed by atoms with E-state index in [1.165, 1.54) is 12.1 Å². The minimum atomic E-state index is -3.64. The predicted molar refractivity (Wildman–Crippen MR) is 117 cm³/mol. The number of anilines is 1. The van der Waals surface area contributed by atoms with Gasteiger partial charge in [-0.3, -0.25) is 14.5 Å². The molecule has 1 aliphatic heterocycles. The maximum atomic E-state index is 12.9. The molecule has 1 aliphatic carbocycles. The zero-order valence-electron chi connectivity index (χ0n) is 17.1. The van der Waals surface area contributed by atoms with Crippen LogP contribution in [0.2, 0.25) is 0 Å². The second kappa shape index (κ2) is 8.78. The summed E-state index contributed by atoms with van der Waals surface area (Å²) >= 11 is 0. The summed E-state index contributed by atoms with van der Waals surface area (Å²) in [4.78, 5) is 26.7. The molecule has 1 unspecified atom stereocenters. The number of sulfonamides is 1. The summed E-state index contributed by atoms with van der Waals surface area (Å²) in [5, 5.41) is 2.88. The Balaban J connectivity index is 1.50. The average molecular weight is 443 g/mol. The number of hydrogen-bond acceptors (Lipinski definition) is 5. The number of hydrogen-bond donors (Lipinski definition) is 3. The van der Waals surface area contributed by atoms with Crippen molar-refractivity contribution < 1.29 is 18.0 Å². The van der Waals surface area contributed by atoms with Crippen molar-refractivity contribution >= 4 is 27.5 Å². The fraction of sp³-hybridized carbons (Fsp3) is 0.364. The van der Waals surface area contributed by atoms with E-state index in [1.807, 2.05) is 23.1 Å². The molecule has 1 saturated heterocycles. The summed E-state index contributed by atoms with van der Waals surface area (Å²) in [6.07, 6.45) is 3.31. The van der Waals surface area contributed by atoms with Crippen LogP contribution in [0.25, 0.3) is 0 Å². The highest BCUT2D eigenvalue weighted by Crippen LogP contribution is 2.25. The van der Waals surface area contributed by atoms with Crippen molar-refractivity contribution in [3.63, 3.8) is 0 Å². The van der Waals surface area contributed by atoms with Gasteiger partial charge in [0.2, 0.25) is 15.9 Å². The van der Waals surface area contributed by atoms with E-state index >= 15 is 0 Å². The van der Waals surface area contributed by atoms with E-state index in [0.29, 0.717) is 12.2 Å². The first-order valence-electron chi connectivity index (χ1n) is 10.4. The van der Waals surface area contributed by atoms with Crippen LogP contribution in [0.15, 0.2) is 53.4 Å². The van der Waals surface area contributed by atoms with Gasteiger partial charge in [-0.1, -0.05) is 24.3 Å². The first-order valence-corrected chi connectivity index (χ1v) is 11.9. The standard InChI is InChI=1S/C22H26N4O4S/c23-21(27)20-9-4-12-26(20)14-16-5-1-2-8-19(16)24-22(28)15-6-3-7-18(13-15)31(29,30)25-17-10-11-17/h1-3,5-8,13,17,20,25H,4,9-12,14H2,(H2,23,27)(H,24,28). The molecule has 2 aromatic rings. The van der Waals surface area contributed by atoms with Crippen molar-refractivity contribution in [2.45, 2.75) is 49.2 Å². The third-order valence-corrected chi connectivity index (χ3v) is 7.15. The van der Waals surface area contributed by atoms with E-state index < -0.39 is 15.9 Å². The monoisotopic (exact) mass is 442 g/mol. The molecule has 1 saturated carbocycles. The molecular formula is C22H26N4O4S. The number of nitrogens with one attached hydrogen (secondary N) is 2. The van der Waals surface area contributed by atoms with Gasteiger partial charge < -0.3 is 11.1 Å². The molecule has 0 bridgehead atoms. The topological polar surface area (TPSA) is 122 Å². The molecule has 0 aromatic heterocycles. The number of carbonyl (C=O) groups excluding carboxylic acids is 2. The van der Waals surface area contributed by atoms with Crippen LogP contribution in [-0.4, -0.2) is 43.8 Å². The molecule has 0 spiro atoms. The molecule has 0 radical (unpaired) electrons. The minimum Gasteiger partial charge on any atom is -0.368 e. The molecule has 9 heteroatoms. The molecule has 2 aromatic carbocycles. The molecule has 4 rings (SSSR count). The lowest BCUT2D eigenvalue weighted by atomic mass is 10.1.